The topological polar surface area (TPSA) is 96.3 Å². The summed E-state index contributed by atoms with van der Waals surface area (Å²) in [6.07, 6.45) is -0.365. The summed E-state index contributed by atoms with van der Waals surface area (Å²) in [5, 5.41) is 16.9. The molecule has 0 aromatic heterocycles. The predicted molar refractivity (Wildman–Crippen MR) is 63.6 cm³/mol. The van der Waals surface area contributed by atoms with E-state index in [-0.39, 0.29) is 38.8 Å². The highest BCUT2D eigenvalue weighted by molar-refractivity contribution is 5.67. The number of carboxylic acids is 2. The summed E-state index contributed by atoms with van der Waals surface area (Å²) in [6, 6.07) is 0. The molecule has 7 nitrogen and oxygen atoms in total. The normalized spacial score (nSPS) is 12.6. The molecule has 0 amide bonds. The van der Waals surface area contributed by atoms with Crippen LogP contribution in [0.3, 0.4) is 0 Å². The smallest absolute Gasteiger partial charge is 0.305 e. The van der Waals surface area contributed by atoms with Gasteiger partial charge < -0.3 is 24.6 Å². The average Bonchev–Trinajstić information content (AvgIpc) is 2.22. The van der Waals surface area contributed by atoms with Crippen molar-refractivity contribution in [2.45, 2.75) is 18.9 Å². The Morgan fingerprint density at radius 1 is 1.11 bits per heavy atom. The summed E-state index contributed by atoms with van der Waals surface area (Å²) in [5.41, 5.74) is 0. The summed E-state index contributed by atoms with van der Waals surface area (Å²) in [4.78, 5) is 22.5. The van der Waals surface area contributed by atoms with Crippen LogP contribution in [0.1, 0.15) is 12.8 Å². The Morgan fingerprint density at radius 2 is 1.67 bits per heavy atom. The first-order valence-electron chi connectivity index (χ1n) is 5.69. The van der Waals surface area contributed by atoms with Gasteiger partial charge in [-0.3, -0.25) is 9.59 Å². The Kier molecular flexibility index (Phi) is 9.17. The Labute approximate surface area is 106 Å². The van der Waals surface area contributed by atoms with E-state index >= 15 is 0 Å². The van der Waals surface area contributed by atoms with Crippen LogP contribution in [0.5, 0.6) is 0 Å². The van der Waals surface area contributed by atoms with E-state index in [9.17, 15) is 9.59 Å². The second kappa shape index (κ2) is 9.81. The molecule has 0 saturated heterocycles. The number of nitrogens with zero attached hydrogens (tertiary/aromatic N) is 1. The van der Waals surface area contributed by atoms with E-state index in [4.69, 9.17) is 19.7 Å². The zero-order valence-corrected chi connectivity index (χ0v) is 10.8. The first-order chi connectivity index (χ1) is 8.41. The Bertz CT molecular complexity index is 256. The number of hydrogen-bond donors (Lipinski definition) is 2. The number of carbonyl (C=O) groups is 2. The van der Waals surface area contributed by atoms with Crippen LogP contribution in [0.25, 0.3) is 0 Å². The van der Waals surface area contributed by atoms with Gasteiger partial charge in [0, 0.05) is 6.54 Å². The Hall–Kier alpha value is -1.18. The molecule has 1 unspecified atom stereocenters. The lowest BCUT2D eigenvalue weighted by molar-refractivity contribution is -0.141. The molecule has 0 rings (SSSR count). The summed E-state index contributed by atoms with van der Waals surface area (Å²) in [5.74, 6) is -1.82. The van der Waals surface area contributed by atoms with Crippen molar-refractivity contribution in [3.8, 4) is 0 Å². The number of likely N-dealkylation sites (N-methyl/N-ethyl adjacent to an activating group) is 1. The molecule has 0 spiro atoms. The molecule has 1 atom stereocenters. The largest absolute Gasteiger partial charge is 0.481 e. The number of hydrogen-bond acceptors (Lipinski definition) is 5. The maximum atomic E-state index is 10.4. The van der Waals surface area contributed by atoms with E-state index in [0.717, 1.165) is 0 Å². The van der Waals surface area contributed by atoms with Crippen LogP contribution >= 0.6 is 0 Å². The molecule has 0 aliphatic heterocycles. The highest BCUT2D eigenvalue weighted by Gasteiger charge is 2.12. The molecule has 7 heteroatoms. The third-order valence-electron chi connectivity index (χ3n) is 2.00. The van der Waals surface area contributed by atoms with Gasteiger partial charge in [0.15, 0.2) is 0 Å². The zero-order chi connectivity index (χ0) is 14.0. The van der Waals surface area contributed by atoms with Crippen molar-refractivity contribution < 1.29 is 29.3 Å². The van der Waals surface area contributed by atoms with Crippen molar-refractivity contribution in [2.24, 2.45) is 0 Å². The standard InChI is InChI=1S/C11H21NO6/c1-12(2)7-9(18-6-4-11(15)16)8-17-5-3-10(13)14/h9H,3-8H2,1-2H3,(H,13,14)(H,15,16). The lowest BCUT2D eigenvalue weighted by atomic mass is 10.3. The summed E-state index contributed by atoms with van der Waals surface area (Å²) in [7, 11) is 3.73. The monoisotopic (exact) mass is 263 g/mol. The Balaban J connectivity index is 3.83. The molecule has 0 aromatic carbocycles. The van der Waals surface area contributed by atoms with E-state index in [1.54, 1.807) is 0 Å². The fourth-order valence-corrected chi connectivity index (χ4v) is 1.25. The van der Waals surface area contributed by atoms with Crippen molar-refractivity contribution >= 4 is 11.9 Å². The average molecular weight is 263 g/mol. The highest BCUT2D eigenvalue weighted by Crippen LogP contribution is 1.98. The minimum Gasteiger partial charge on any atom is -0.481 e. The first kappa shape index (κ1) is 16.8. The van der Waals surface area contributed by atoms with Crippen LogP contribution in [0.15, 0.2) is 0 Å². The first-order valence-corrected chi connectivity index (χ1v) is 5.69. The van der Waals surface area contributed by atoms with Crippen molar-refractivity contribution in [1.82, 2.24) is 4.90 Å². The molecule has 0 bridgehead atoms. The fraction of sp³-hybridized carbons (Fsp3) is 0.818. The van der Waals surface area contributed by atoms with Gasteiger partial charge in [-0.05, 0) is 14.1 Å². The van der Waals surface area contributed by atoms with Gasteiger partial charge in [0.1, 0.15) is 0 Å². The lowest BCUT2D eigenvalue weighted by Crippen LogP contribution is -2.33. The molecule has 0 aromatic rings. The quantitative estimate of drug-likeness (QED) is 0.502. The van der Waals surface area contributed by atoms with Gasteiger partial charge in [0.25, 0.3) is 0 Å². The molecule has 0 aliphatic rings. The molecule has 0 fully saturated rings. The van der Waals surface area contributed by atoms with E-state index in [1.165, 1.54) is 0 Å². The van der Waals surface area contributed by atoms with Crippen LogP contribution in [0.2, 0.25) is 0 Å². The van der Waals surface area contributed by atoms with Gasteiger partial charge in [0.05, 0.1) is 38.8 Å². The molecule has 0 heterocycles. The number of aliphatic carboxylic acids is 2. The predicted octanol–water partition coefficient (Wildman–Crippen LogP) is -0.101. The van der Waals surface area contributed by atoms with Gasteiger partial charge >= 0.3 is 11.9 Å². The molecular weight excluding hydrogens is 242 g/mol. The van der Waals surface area contributed by atoms with Crippen LogP contribution in [0, 0.1) is 0 Å². The summed E-state index contributed by atoms with van der Waals surface area (Å²) in [6.45, 7) is 1.09. The minimum atomic E-state index is -0.912. The maximum absolute atomic E-state index is 10.4. The molecule has 0 radical (unpaired) electrons. The van der Waals surface area contributed by atoms with Gasteiger partial charge in [-0.15, -0.1) is 0 Å². The molecule has 18 heavy (non-hydrogen) atoms. The van der Waals surface area contributed by atoms with E-state index in [2.05, 4.69) is 0 Å². The number of ether oxygens (including phenoxy) is 2. The van der Waals surface area contributed by atoms with Crippen LogP contribution in [0.4, 0.5) is 0 Å². The Morgan fingerprint density at radius 3 is 2.17 bits per heavy atom. The van der Waals surface area contributed by atoms with Gasteiger partial charge in [0.2, 0.25) is 0 Å². The number of carboxylic acid groups (broad SMARTS) is 2. The molecule has 2 N–H and O–H groups in total. The van der Waals surface area contributed by atoms with Crippen LogP contribution in [-0.4, -0.2) is 73.6 Å². The van der Waals surface area contributed by atoms with Crippen molar-refractivity contribution in [1.29, 1.82) is 0 Å². The van der Waals surface area contributed by atoms with Gasteiger partial charge in [-0.2, -0.15) is 0 Å². The third-order valence-corrected chi connectivity index (χ3v) is 2.00. The van der Waals surface area contributed by atoms with Crippen molar-refractivity contribution in [3.63, 3.8) is 0 Å². The minimum absolute atomic E-state index is 0.0518. The molecule has 0 aliphatic carbocycles. The molecule has 0 saturated carbocycles. The van der Waals surface area contributed by atoms with E-state index in [1.807, 2.05) is 19.0 Å². The maximum Gasteiger partial charge on any atom is 0.305 e. The number of rotatable bonds is 11. The zero-order valence-electron chi connectivity index (χ0n) is 10.8. The third kappa shape index (κ3) is 11.3. The molecule has 106 valence electrons. The van der Waals surface area contributed by atoms with Crippen LogP contribution < -0.4 is 0 Å². The van der Waals surface area contributed by atoms with E-state index < -0.39 is 11.9 Å². The molecular formula is C11H21NO6. The SMILES string of the molecule is CN(C)CC(COCCC(=O)O)OCCC(=O)O. The fourth-order valence-electron chi connectivity index (χ4n) is 1.25. The van der Waals surface area contributed by atoms with Crippen molar-refractivity contribution in [3.05, 3.63) is 0 Å². The van der Waals surface area contributed by atoms with Crippen LogP contribution in [-0.2, 0) is 19.1 Å². The van der Waals surface area contributed by atoms with Crippen molar-refractivity contribution in [2.75, 3.05) is 40.5 Å². The van der Waals surface area contributed by atoms with Gasteiger partial charge in [-0.1, -0.05) is 0 Å². The van der Waals surface area contributed by atoms with Gasteiger partial charge in [-0.25, -0.2) is 0 Å². The van der Waals surface area contributed by atoms with E-state index in [0.29, 0.717) is 6.54 Å². The second-order valence-corrected chi connectivity index (χ2v) is 4.12. The summed E-state index contributed by atoms with van der Waals surface area (Å²) < 4.78 is 10.6. The lowest BCUT2D eigenvalue weighted by Gasteiger charge is -2.21. The highest BCUT2D eigenvalue weighted by atomic mass is 16.5. The second-order valence-electron chi connectivity index (χ2n) is 4.12. The summed E-state index contributed by atoms with van der Waals surface area (Å²) >= 11 is 0.